The van der Waals surface area contributed by atoms with Gasteiger partial charge in [-0.3, -0.25) is 0 Å². The van der Waals surface area contributed by atoms with Crippen LogP contribution in [0.4, 0.5) is 0 Å². The Labute approximate surface area is 101 Å². The number of aromatic hydroxyl groups is 2. The molecule has 2 N–H and O–H groups in total. The molecule has 1 aliphatic rings. The number of isocyanates is 1. The Morgan fingerprint density at radius 3 is 2.56 bits per heavy atom. The molecule has 16 heavy (non-hydrogen) atoms. The quantitative estimate of drug-likeness (QED) is 0.498. The van der Waals surface area contributed by atoms with E-state index in [0.717, 1.165) is 6.42 Å². The van der Waals surface area contributed by atoms with E-state index in [0.29, 0.717) is 22.9 Å². The minimum absolute atomic E-state index is 0.207. The Bertz CT molecular complexity index is 476. The van der Waals surface area contributed by atoms with Crippen LogP contribution in [0.25, 0.3) is 0 Å². The molecule has 0 saturated heterocycles. The number of rotatable bonds is 2. The minimum atomic E-state index is -0.701. The molecule has 0 aliphatic heterocycles. The first kappa shape index (κ1) is 11.2. The fourth-order valence-corrected chi connectivity index (χ4v) is 2.43. The molecule has 0 spiro atoms. The number of phenolic OH excluding ortho intramolecular Hbond substituents is 2. The van der Waals surface area contributed by atoms with E-state index in [1.54, 1.807) is 12.1 Å². The molecule has 1 aromatic carbocycles. The smallest absolute Gasteiger partial charge is 0.235 e. The maximum absolute atomic E-state index is 10.4. The Morgan fingerprint density at radius 1 is 1.38 bits per heavy atom. The van der Waals surface area contributed by atoms with Crippen LogP contribution in [-0.2, 0) is 10.3 Å². The molecule has 0 aromatic heterocycles. The highest BCUT2D eigenvalue weighted by Crippen LogP contribution is 2.50. The average molecular weight is 284 g/mol. The van der Waals surface area contributed by atoms with Gasteiger partial charge in [-0.2, -0.15) is 4.99 Å². The van der Waals surface area contributed by atoms with Crippen LogP contribution in [0.3, 0.4) is 0 Å². The first-order valence-corrected chi connectivity index (χ1v) is 5.69. The van der Waals surface area contributed by atoms with Gasteiger partial charge in [-0.15, -0.1) is 0 Å². The van der Waals surface area contributed by atoms with Gasteiger partial charge in [0.2, 0.25) is 6.08 Å². The number of hydrogen-bond acceptors (Lipinski definition) is 4. The third-order valence-electron chi connectivity index (χ3n) is 3.00. The Morgan fingerprint density at radius 2 is 2.06 bits per heavy atom. The van der Waals surface area contributed by atoms with E-state index in [-0.39, 0.29) is 11.5 Å². The second-order valence-corrected chi connectivity index (χ2v) is 4.82. The lowest BCUT2D eigenvalue weighted by atomic mass is 9.72. The van der Waals surface area contributed by atoms with Crippen LogP contribution in [-0.4, -0.2) is 16.3 Å². The summed E-state index contributed by atoms with van der Waals surface area (Å²) >= 11 is 3.23. The normalized spacial score (nSPS) is 17.3. The maximum Gasteiger partial charge on any atom is 0.235 e. The first-order valence-electron chi connectivity index (χ1n) is 4.90. The van der Waals surface area contributed by atoms with Crippen molar-refractivity contribution in [3.8, 4) is 11.5 Å². The molecule has 0 bridgehead atoms. The Kier molecular flexibility index (Phi) is 2.74. The molecule has 5 heteroatoms. The van der Waals surface area contributed by atoms with Crippen molar-refractivity contribution in [2.24, 2.45) is 4.99 Å². The second-order valence-electron chi connectivity index (χ2n) is 3.91. The lowest BCUT2D eigenvalue weighted by Crippen LogP contribution is -2.31. The van der Waals surface area contributed by atoms with Gasteiger partial charge in [0.25, 0.3) is 0 Å². The van der Waals surface area contributed by atoms with Crippen LogP contribution in [0.5, 0.6) is 11.5 Å². The summed E-state index contributed by atoms with van der Waals surface area (Å²) in [7, 11) is 0. The van der Waals surface area contributed by atoms with Crippen LogP contribution >= 0.6 is 15.9 Å². The molecule has 1 saturated carbocycles. The minimum Gasteiger partial charge on any atom is -0.504 e. The summed E-state index contributed by atoms with van der Waals surface area (Å²) in [6, 6.07) is 3.07. The van der Waals surface area contributed by atoms with Gasteiger partial charge in [-0.1, -0.05) is 15.9 Å². The third kappa shape index (κ3) is 1.62. The molecular weight excluding hydrogens is 274 g/mol. The molecule has 1 aromatic rings. The number of halogens is 1. The van der Waals surface area contributed by atoms with Gasteiger partial charge in [-0.05, 0) is 31.4 Å². The lowest BCUT2D eigenvalue weighted by molar-refractivity contribution is 0.245. The van der Waals surface area contributed by atoms with Crippen molar-refractivity contribution in [2.45, 2.75) is 24.8 Å². The van der Waals surface area contributed by atoms with Crippen LogP contribution < -0.4 is 0 Å². The first-order chi connectivity index (χ1) is 7.59. The van der Waals surface area contributed by atoms with Crippen LogP contribution in [0, 0.1) is 0 Å². The molecule has 4 nitrogen and oxygen atoms in total. The van der Waals surface area contributed by atoms with E-state index in [1.807, 2.05) is 0 Å². The predicted molar refractivity (Wildman–Crippen MR) is 61.1 cm³/mol. The summed E-state index contributed by atoms with van der Waals surface area (Å²) in [6.07, 6.45) is 3.86. The molecule has 0 heterocycles. The van der Waals surface area contributed by atoms with Gasteiger partial charge in [0.1, 0.15) is 5.54 Å². The molecule has 84 valence electrons. The molecule has 0 atom stereocenters. The highest BCUT2D eigenvalue weighted by molar-refractivity contribution is 9.10. The van der Waals surface area contributed by atoms with Crippen molar-refractivity contribution in [2.75, 3.05) is 0 Å². The van der Waals surface area contributed by atoms with E-state index < -0.39 is 5.54 Å². The summed E-state index contributed by atoms with van der Waals surface area (Å²) < 4.78 is 0.644. The zero-order chi connectivity index (χ0) is 11.8. The van der Waals surface area contributed by atoms with Crippen LogP contribution in [0.15, 0.2) is 21.6 Å². The third-order valence-corrected chi connectivity index (χ3v) is 3.45. The van der Waals surface area contributed by atoms with Crippen LogP contribution in [0.1, 0.15) is 24.8 Å². The van der Waals surface area contributed by atoms with Crippen molar-refractivity contribution in [3.63, 3.8) is 0 Å². The lowest BCUT2D eigenvalue weighted by Gasteiger charge is -2.37. The fourth-order valence-electron chi connectivity index (χ4n) is 1.98. The van der Waals surface area contributed by atoms with Crippen LogP contribution in [0.2, 0.25) is 0 Å². The fraction of sp³-hybridized carbons (Fsp3) is 0.364. The topological polar surface area (TPSA) is 69.9 Å². The molecule has 1 fully saturated rings. The van der Waals surface area contributed by atoms with E-state index in [1.165, 1.54) is 6.07 Å². The molecule has 0 radical (unpaired) electrons. The van der Waals surface area contributed by atoms with Gasteiger partial charge in [0.05, 0.1) is 0 Å². The number of nitrogens with zero attached hydrogens (tertiary/aromatic N) is 1. The van der Waals surface area contributed by atoms with Crippen molar-refractivity contribution < 1.29 is 15.0 Å². The highest BCUT2D eigenvalue weighted by Gasteiger charge is 2.41. The van der Waals surface area contributed by atoms with Gasteiger partial charge in [0.15, 0.2) is 11.5 Å². The molecule has 1 aliphatic carbocycles. The number of carbonyl (C=O) groups excluding carboxylic acids is 1. The van der Waals surface area contributed by atoms with Gasteiger partial charge in [0, 0.05) is 10.0 Å². The summed E-state index contributed by atoms with van der Waals surface area (Å²) in [4.78, 5) is 14.2. The number of phenols is 2. The summed E-state index contributed by atoms with van der Waals surface area (Å²) in [5.41, 5.74) is -0.221. The molecule has 0 amide bonds. The van der Waals surface area contributed by atoms with Gasteiger partial charge < -0.3 is 10.2 Å². The van der Waals surface area contributed by atoms with Crippen molar-refractivity contribution >= 4 is 22.0 Å². The second kappa shape index (κ2) is 3.92. The number of benzene rings is 1. The summed E-state index contributed by atoms with van der Waals surface area (Å²) in [5, 5.41) is 19.3. The standard InChI is InChI=1S/C11H10BrNO3/c12-7-4-8(10(16)9(15)5-7)11(13-6-14)2-1-3-11/h4-5,15-16H,1-3H2. The van der Waals surface area contributed by atoms with Gasteiger partial charge >= 0.3 is 0 Å². The number of aliphatic imine (C=N–C) groups is 1. The van der Waals surface area contributed by atoms with E-state index in [2.05, 4.69) is 20.9 Å². The maximum atomic E-state index is 10.4. The van der Waals surface area contributed by atoms with Crippen molar-refractivity contribution in [1.29, 1.82) is 0 Å². The SMILES string of the molecule is O=C=NC1(c2cc(Br)cc(O)c2O)CCC1. The zero-order valence-corrected chi connectivity index (χ0v) is 9.99. The Balaban J connectivity index is 2.58. The molecule has 0 unspecified atom stereocenters. The zero-order valence-electron chi connectivity index (χ0n) is 8.40. The van der Waals surface area contributed by atoms with Crippen molar-refractivity contribution in [3.05, 3.63) is 22.2 Å². The number of hydrogen-bond donors (Lipinski definition) is 2. The van der Waals surface area contributed by atoms with Crippen molar-refractivity contribution in [1.82, 2.24) is 0 Å². The van der Waals surface area contributed by atoms with E-state index in [4.69, 9.17) is 0 Å². The van der Waals surface area contributed by atoms with Gasteiger partial charge in [-0.25, -0.2) is 4.79 Å². The molecule has 2 rings (SSSR count). The monoisotopic (exact) mass is 283 g/mol. The Hall–Kier alpha value is -1.32. The highest BCUT2D eigenvalue weighted by atomic mass is 79.9. The summed E-state index contributed by atoms with van der Waals surface area (Å²) in [5.74, 6) is -0.418. The largest absolute Gasteiger partial charge is 0.504 e. The predicted octanol–water partition coefficient (Wildman–Crippen LogP) is 2.58. The molecular formula is C11H10BrNO3. The summed E-state index contributed by atoms with van der Waals surface area (Å²) in [6.45, 7) is 0. The van der Waals surface area contributed by atoms with E-state index in [9.17, 15) is 15.0 Å². The average Bonchev–Trinajstić information content (AvgIpc) is 2.17. The van der Waals surface area contributed by atoms with E-state index >= 15 is 0 Å².